The highest BCUT2D eigenvalue weighted by Crippen LogP contribution is 2.27. The fourth-order valence-electron chi connectivity index (χ4n) is 2.36. The van der Waals surface area contributed by atoms with Gasteiger partial charge in [-0.25, -0.2) is 23.1 Å². The lowest BCUT2D eigenvalue weighted by Crippen LogP contribution is -2.11. The minimum absolute atomic E-state index is 0.159. The maximum atomic E-state index is 12.3. The van der Waals surface area contributed by atoms with Crippen LogP contribution in [-0.2, 0) is 10.0 Å². The number of nitrogens with one attached hydrogen (secondary N) is 2. The molecule has 0 bridgehead atoms. The van der Waals surface area contributed by atoms with E-state index in [-0.39, 0.29) is 4.21 Å². The van der Waals surface area contributed by atoms with E-state index in [0.29, 0.717) is 21.7 Å². The molecule has 0 saturated heterocycles. The van der Waals surface area contributed by atoms with E-state index in [9.17, 15) is 8.42 Å². The van der Waals surface area contributed by atoms with Crippen molar-refractivity contribution in [2.75, 3.05) is 10.0 Å². The molecule has 0 radical (unpaired) electrons. The van der Waals surface area contributed by atoms with Gasteiger partial charge in [-0.15, -0.1) is 11.3 Å². The summed E-state index contributed by atoms with van der Waals surface area (Å²) in [5.74, 6) is 1.21. The van der Waals surface area contributed by atoms with Crippen LogP contribution in [0.2, 0.25) is 4.34 Å². The molecule has 0 atom stereocenters. The van der Waals surface area contributed by atoms with Gasteiger partial charge in [0.15, 0.2) is 5.82 Å². The Bertz CT molecular complexity index is 1190. The molecule has 11 heteroatoms. The van der Waals surface area contributed by atoms with Gasteiger partial charge in [-0.1, -0.05) is 11.6 Å². The maximum absolute atomic E-state index is 12.3. The molecule has 3 aromatic heterocycles. The Balaban J connectivity index is 1.47. The fourth-order valence-corrected chi connectivity index (χ4v) is 4.90. The highest BCUT2D eigenvalue weighted by Gasteiger charge is 2.16. The summed E-state index contributed by atoms with van der Waals surface area (Å²) >= 11 is 6.81. The van der Waals surface area contributed by atoms with E-state index in [1.165, 1.54) is 12.4 Å². The van der Waals surface area contributed by atoms with Gasteiger partial charge in [0, 0.05) is 29.8 Å². The first kappa shape index (κ1) is 18.4. The van der Waals surface area contributed by atoms with E-state index >= 15 is 0 Å². The number of halogens is 1. The topological polar surface area (TPSA) is 102 Å². The third-order valence-corrected chi connectivity index (χ3v) is 6.72. The van der Waals surface area contributed by atoms with E-state index in [0.717, 1.165) is 17.0 Å². The molecule has 0 aliphatic heterocycles. The number of aromatic nitrogens is 4. The highest BCUT2D eigenvalue weighted by atomic mass is 35.5. The lowest BCUT2D eigenvalue weighted by atomic mass is 10.3. The molecule has 4 aromatic rings. The Labute approximate surface area is 169 Å². The summed E-state index contributed by atoms with van der Waals surface area (Å²) in [6.45, 7) is 0. The number of hydrogen-bond donors (Lipinski definition) is 2. The molecular weight excluding hydrogens is 420 g/mol. The van der Waals surface area contributed by atoms with Crippen LogP contribution in [0.4, 0.5) is 17.2 Å². The number of rotatable bonds is 6. The molecular formula is C17H13ClN6O2S2. The quantitative estimate of drug-likeness (QED) is 0.478. The van der Waals surface area contributed by atoms with Gasteiger partial charge in [-0.05, 0) is 42.5 Å². The summed E-state index contributed by atoms with van der Waals surface area (Å²) in [5.41, 5.74) is 1.18. The normalized spacial score (nSPS) is 11.3. The van der Waals surface area contributed by atoms with Crippen molar-refractivity contribution < 1.29 is 8.42 Å². The molecule has 3 heterocycles. The fraction of sp³-hybridized carbons (Fsp3) is 0. The smallest absolute Gasteiger partial charge is 0.271 e. The monoisotopic (exact) mass is 432 g/mol. The Hall–Kier alpha value is -2.95. The average molecular weight is 433 g/mol. The van der Waals surface area contributed by atoms with Crippen LogP contribution in [0.1, 0.15) is 0 Å². The van der Waals surface area contributed by atoms with Crippen LogP contribution in [0.5, 0.6) is 0 Å². The Morgan fingerprint density at radius 2 is 1.82 bits per heavy atom. The number of thiophene rings is 1. The Morgan fingerprint density at radius 1 is 1.04 bits per heavy atom. The number of anilines is 3. The van der Waals surface area contributed by atoms with Crippen LogP contribution >= 0.6 is 22.9 Å². The Morgan fingerprint density at radius 3 is 2.50 bits per heavy atom. The molecule has 28 heavy (non-hydrogen) atoms. The number of benzene rings is 1. The SMILES string of the molecule is O=S(=O)(Nc1ccc(Nc2cc(-n3cccn3)ncn2)cc1)c1ccc(Cl)s1. The molecule has 0 saturated carbocycles. The maximum Gasteiger partial charge on any atom is 0.271 e. The van der Waals surface area contributed by atoms with Gasteiger partial charge in [0.1, 0.15) is 16.4 Å². The second kappa shape index (κ2) is 7.58. The van der Waals surface area contributed by atoms with Crippen molar-refractivity contribution in [2.24, 2.45) is 0 Å². The van der Waals surface area contributed by atoms with Crippen LogP contribution in [0.3, 0.4) is 0 Å². The zero-order chi connectivity index (χ0) is 19.6. The van der Waals surface area contributed by atoms with E-state index in [2.05, 4.69) is 25.1 Å². The van der Waals surface area contributed by atoms with Crippen LogP contribution in [-0.4, -0.2) is 28.2 Å². The van der Waals surface area contributed by atoms with Crippen molar-refractivity contribution in [1.29, 1.82) is 0 Å². The summed E-state index contributed by atoms with van der Waals surface area (Å²) < 4.78 is 29.4. The molecule has 8 nitrogen and oxygen atoms in total. The molecule has 0 aliphatic rings. The van der Waals surface area contributed by atoms with E-state index < -0.39 is 10.0 Å². The van der Waals surface area contributed by atoms with Gasteiger partial charge in [0.25, 0.3) is 10.0 Å². The number of sulfonamides is 1. The zero-order valence-electron chi connectivity index (χ0n) is 14.2. The van der Waals surface area contributed by atoms with Crippen molar-refractivity contribution >= 4 is 50.2 Å². The lowest BCUT2D eigenvalue weighted by molar-refractivity contribution is 0.603. The predicted molar refractivity (Wildman–Crippen MR) is 109 cm³/mol. The molecule has 142 valence electrons. The predicted octanol–water partition coefficient (Wildman–Crippen LogP) is 3.92. The first-order valence-corrected chi connectivity index (χ1v) is 10.6. The first-order chi connectivity index (χ1) is 13.5. The van der Waals surface area contributed by atoms with Gasteiger partial charge in [0.05, 0.1) is 4.34 Å². The second-order valence-corrected chi connectivity index (χ2v) is 9.20. The average Bonchev–Trinajstić information content (AvgIpc) is 3.35. The molecule has 1 aromatic carbocycles. The van der Waals surface area contributed by atoms with Gasteiger partial charge in [-0.2, -0.15) is 5.10 Å². The Kier molecular flexibility index (Phi) is 4.99. The van der Waals surface area contributed by atoms with E-state index in [4.69, 9.17) is 11.6 Å². The van der Waals surface area contributed by atoms with Crippen LogP contribution < -0.4 is 10.0 Å². The minimum Gasteiger partial charge on any atom is -0.340 e. The van der Waals surface area contributed by atoms with Crippen molar-refractivity contribution in [3.63, 3.8) is 0 Å². The zero-order valence-corrected chi connectivity index (χ0v) is 16.5. The molecule has 0 amide bonds. The minimum atomic E-state index is -3.66. The third-order valence-electron chi connectivity index (χ3n) is 3.61. The summed E-state index contributed by atoms with van der Waals surface area (Å²) in [7, 11) is -3.66. The highest BCUT2D eigenvalue weighted by molar-refractivity contribution is 7.94. The van der Waals surface area contributed by atoms with Gasteiger partial charge in [-0.3, -0.25) is 4.72 Å². The summed E-state index contributed by atoms with van der Waals surface area (Å²) in [5, 5.41) is 7.28. The number of hydrogen-bond acceptors (Lipinski definition) is 7. The molecule has 0 aliphatic carbocycles. The van der Waals surface area contributed by atoms with Crippen LogP contribution in [0.25, 0.3) is 5.82 Å². The third kappa shape index (κ3) is 4.14. The lowest BCUT2D eigenvalue weighted by Gasteiger charge is -2.09. The summed E-state index contributed by atoms with van der Waals surface area (Å²) in [6, 6.07) is 13.4. The first-order valence-electron chi connectivity index (χ1n) is 7.97. The number of nitrogens with zero attached hydrogens (tertiary/aromatic N) is 4. The summed E-state index contributed by atoms with van der Waals surface area (Å²) in [6.07, 6.45) is 4.89. The van der Waals surface area contributed by atoms with Crippen molar-refractivity contribution in [2.45, 2.75) is 4.21 Å². The van der Waals surface area contributed by atoms with Gasteiger partial charge >= 0.3 is 0 Å². The second-order valence-electron chi connectivity index (χ2n) is 5.58. The van der Waals surface area contributed by atoms with Gasteiger partial charge < -0.3 is 5.32 Å². The van der Waals surface area contributed by atoms with Crippen molar-refractivity contribution in [3.05, 3.63) is 71.6 Å². The van der Waals surface area contributed by atoms with Crippen LogP contribution in [0, 0.1) is 0 Å². The van der Waals surface area contributed by atoms with E-state index in [1.807, 2.05) is 0 Å². The largest absolute Gasteiger partial charge is 0.340 e. The van der Waals surface area contributed by atoms with Crippen LogP contribution in [0.15, 0.2) is 71.5 Å². The standard InChI is InChI=1S/C17H13ClN6O2S2/c18-14-6-7-17(27-14)28(25,26)23-13-4-2-12(3-5-13)22-15-10-16(20-11-19-15)24-9-1-8-21-24/h1-11,23H,(H,19,20,22). The van der Waals surface area contributed by atoms with Crippen molar-refractivity contribution in [3.8, 4) is 5.82 Å². The molecule has 0 unspecified atom stereocenters. The molecule has 0 spiro atoms. The van der Waals surface area contributed by atoms with Crippen molar-refractivity contribution in [1.82, 2.24) is 19.7 Å². The molecule has 4 rings (SSSR count). The molecule has 2 N–H and O–H groups in total. The summed E-state index contributed by atoms with van der Waals surface area (Å²) in [4.78, 5) is 8.36. The molecule has 0 fully saturated rings. The van der Waals surface area contributed by atoms with E-state index in [1.54, 1.807) is 59.5 Å². The van der Waals surface area contributed by atoms with Gasteiger partial charge in [0.2, 0.25) is 0 Å².